The summed E-state index contributed by atoms with van der Waals surface area (Å²) in [5.41, 5.74) is -0.0638. The van der Waals surface area contributed by atoms with Gasteiger partial charge in [-0.05, 0) is 23.8 Å². The van der Waals surface area contributed by atoms with Crippen molar-refractivity contribution < 1.29 is 21.8 Å². The maximum absolute atomic E-state index is 13.6. The molecule has 0 spiro atoms. The first kappa shape index (κ1) is 18.3. The Morgan fingerprint density at radius 1 is 1.23 bits per heavy atom. The fourth-order valence-electron chi connectivity index (χ4n) is 2.53. The van der Waals surface area contributed by atoms with Gasteiger partial charge in [0.2, 0.25) is 0 Å². The predicted octanol–water partition coefficient (Wildman–Crippen LogP) is 3.42. The molecule has 3 rings (SSSR count). The normalized spacial score (nSPS) is 15.9. The summed E-state index contributed by atoms with van der Waals surface area (Å²) in [6.45, 7) is 0. The van der Waals surface area contributed by atoms with Crippen molar-refractivity contribution in [2.45, 2.75) is 17.1 Å². The highest BCUT2D eigenvalue weighted by molar-refractivity contribution is 7.90. The molecule has 2 aromatic heterocycles. The van der Waals surface area contributed by atoms with Crippen molar-refractivity contribution in [2.75, 3.05) is 7.05 Å². The van der Waals surface area contributed by atoms with Crippen LogP contribution in [0.4, 0.5) is 17.6 Å². The summed E-state index contributed by atoms with van der Waals surface area (Å²) in [5, 5.41) is 3.84. The summed E-state index contributed by atoms with van der Waals surface area (Å²) in [7, 11) is -3.06. The zero-order valence-corrected chi connectivity index (χ0v) is 14.1. The second kappa shape index (κ2) is 6.32. The molecule has 0 amide bonds. The molecule has 1 aromatic carbocycles. The first-order chi connectivity index (χ1) is 12.1. The van der Waals surface area contributed by atoms with Crippen LogP contribution in [0.1, 0.15) is 11.6 Å². The Hall–Kier alpha value is -2.53. The van der Waals surface area contributed by atoms with E-state index >= 15 is 0 Å². The Balaban J connectivity index is 2.07. The van der Waals surface area contributed by atoms with Crippen molar-refractivity contribution >= 4 is 15.6 Å². The molecular weight excluding hydrogens is 374 g/mol. The number of hydrogen-bond acceptors (Lipinski definition) is 4. The molecule has 0 fully saturated rings. The van der Waals surface area contributed by atoms with Gasteiger partial charge in [-0.15, -0.1) is 0 Å². The van der Waals surface area contributed by atoms with Crippen LogP contribution in [-0.4, -0.2) is 36.3 Å². The molecule has 0 saturated carbocycles. The van der Waals surface area contributed by atoms with E-state index in [9.17, 15) is 21.8 Å². The number of aromatic nitrogens is 3. The van der Waals surface area contributed by atoms with Gasteiger partial charge in [0.15, 0.2) is 5.65 Å². The van der Waals surface area contributed by atoms with Gasteiger partial charge in [-0.2, -0.15) is 18.3 Å². The average molecular weight is 387 g/mol. The summed E-state index contributed by atoms with van der Waals surface area (Å²) in [6.07, 6.45) is -2.24. The Labute approximate surface area is 146 Å². The van der Waals surface area contributed by atoms with Gasteiger partial charge in [-0.1, -0.05) is 12.1 Å². The molecule has 11 heteroatoms. The van der Waals surface area contributed by atoms with Crippen LogP contribution in [0.3, 0.4) is 0 Å². The highest BCUT2D eigenvalue weighted by atomic mass is 32.2. The standard InChI is InChI=1S/C15H13F4N5OS/c1-23(14(15(17,18)19)10-2-4-11(16)5-3-10)26(20,25)12-6-7-24-13(8-12)21-9-22-24/h2-9,14,20H,1H3/t14-,26?/m1/s1. The van der Waals surface area contributed by atoms with Gasteiger partial charge >= 0.3 is 6.18 Å². The molecule has 2 atom stereocenters. The highest BCUT2D eigenvalue weighted by Gasteiger charge is 2.46. The molecule has 0 saturated heterocycles. The van der Waals surface area contributed by atoms with Gasteiger partial charge in [0.1, 0.15) is 28.1 Å². The third kappa shape index (κ3) is 3.27. The number of benzene rings is 1. The van der Waals surface area contributed by atoms with Crippen LogP contribution in [0.15, 0.2) is 53.8 Å². The van der Waals surface area contributed by atoms with Crippen LogP contribution in [0.5, 0.6) is 0 Å². The molecule has 3 aromatic rings. The summed E-state index contributed by atoms with van der Waals surface area (Å²) in [6, 6.07) is 3.85. The zero-order chi connectivity index (χ0) is 19.1. The molecule has 138 valence electrons. The van der Waals surface area contributed by atoms with E-state index < -0.39 is 28.0 Å². The average Bonchev–Trinajstić information content (AvgIpc) is 3.03. The molecule has 1 N–H and O–H groups in total. The molecule has 1 unspecified atom stereocenters. The number of alkyl halides is 3. The molecule has 0 aliphatic carbocycles. The van der Waals surface area contributed by atoms with Crippen molar-refractivity contribution in [3.05, 3.63) is 60.3 Å². The molecule has 26 heavy (non-hydrogen) atoms. The Bertz CT molecular complexity index is 1030. The lowest BCUT2D eigenvalue weighted by Crippen LogP contribution is -2.39. The summed E-state index contributed by atoms with van der Waals surface area (Å²) in [4.78, 5) is 3.73. The Kier molecular flexibility index (Phi) is 4.44. The molecule has 0 radical (unpaired) electrons. The Morgan fingerprint density at radius 2 is 1.88 bits per heavy atom. The van der Waals surface area contributed by atoms with E-state index in [-0.39, 0.29) is 16.1 Å². The minimum Gasteiger partial charge on any atom is -0.236 e. The van der Waals surface area contributed by atoms with Crippen LogP contribution in [-0.2, 0) is 9.92 Å². The summed E-state index contributed by atoms with van der Waals surface area (Å²) < 4.78 is 76.8. The molecular formula is C15H13F4N5OS. The van der Waals surface area contributed by atoms with E-state index in [0.717, 1.165) is 31.3 Å². The van der Waals surface area contributed by atoms with Gasteiger partial charge in [-0.3, -0.25) is 0 Å². The third-order valence-corrected chi connectivity index (χ3v) is 5.75. The quantitative estimate of drug-likeness (QED) is 0.697. The molecule has 2 heterocycles. The maximum Gasteiger partial charge on any atom is 0.409 e. The fraction of sp³-hybridized carbons (Fsp3) is 0.200. The maximum atomic E-state index is 13.6. The number of pyridine rings is 1. The number of hydrogen-bond donors (Lipinski definition) is 1. The first-order valence-electron chi connectivity index (χ1n) is 7.24. The van der Waals surface area contributed by atoms with Crippen molar-refractivity contribution in [1.82, 2.24) is 18.9 Å². The fourth-order valence-corrected chi connectivity index (χ4v) is 3.91. The van der Waals surface area contributed by atoms with Gasteiger partial charge in [-0.25, -0.2) is 27.2 Å². The van der Waals surface area contributed by atoms with E-state index in [2.05, 4.69) is 10.1 Å². The molecule has 0 aliphatic rings. The van der Waals surface area contributed by atoms with Crippen LogP contribution in [0.2, 0.25) is 0 Å². The van der Waals surface area contributed by atoms with Gasteiger partial charge in [0, 0.05) is 19.3 Å². The van der Waals surface area contributed by atoms with Crippen LogP contribution >= 0.6 is 0 Å². The predicted molar refractivity (Wildman–Crippen MR) is 85.1 cm³/mol. The van der Waals surface area contributed by atoms with Crippen molar-refractivity contribution in [3.63, 3.8) is 0 Å². The van der Waals surface area contributed by atoms with E-state index in [1.165, 1.54) is 29.2 Å². The van der Waals surface area contributed by atoms with Crippen LogP contribution in [0, 0.1) is 10.6 Å². The lowest BCUT2D eigenvalue weighted by atomic mass is 10.1. The van der Waals surface area contributed by atoms with Gasteiger partial charge < -0.3 is 0 Å². The molecule has 6 nitrogen and oxygen atoms in total. The van der Waals surface area contributed by atoms with Gasteiger partial charge in [0.05, 0.1) is 4.90 Å². The van der Waals surface area contributed by atoms with Gasteiger partial charge in [0.25, 0.3) is 0 Å². The number of nitrogens with zero attached hydrogens (tertiary/aromatic N) is 4. The number of nitrogens with one attached hydrogen (secondary N) is 1. The third-order valence-electron chi connectivity index (χ3n) is 3.84. The minimum absolute atomic E-state index is 0.142. The van der Waals surface area contributed by atoms with Crippen molar-refractivity contribution in [3.8, 4) is 0 Å². The summed E-state index contributed by atoms with van der Waals surface area (Å²) >= 11 is 0. The smallest absolute Gasteiger partial charge is 0.236 e. The largest absolute Gasteiger partial charge is 0.409 e. The Morgan fingerprint density at radius 3 is 2.50 bits per heavy atom. The van der Waals surface area contributed by atoms with E-state index in [1.54, 1.807) is 0 Å². The zero-order valence-electron chi connectivity index (χ0n) is 13.3. The monoisotopic (exact) mass is 387 g/mol. The first-order valence-corrected chi connectivity index (χ1v) is 8.75. The highest BCUT2D eigenvalue weighted by Crippen LogP contribution is 2.39. The van der Waals surface area contributed by atoms with E-state index in [4.69, 9.17) is 4.78 Å². The molecule has 0 bridgehead atoms. The van der Waals surface area contributed by atoms with Crippen molar-refractivity contribution in [1.29, 1.82) is 4.78 Å². The van der Waals surface area contributed by atoms with Crippen LogP contribution in [0.25, 0.3) is 5.65 Å². The second-order valence-electron chi connectivity index (χ2n) is 5.49. The van der Waals surface area contributed by atoms with Crippen LogP contribution < -0.4 is 0 Å². The van der Waals surface area contributed by atoms with E-state index in [1.807, 2.05) is 0 Å². The lowest BCUT2D eigenvalue weighted by molar-refractivity contribution is -0.170. The SMILES string of the molecule is CN([C@H](c1ccc(F)cc1)C(F)(F)F)S(=N)(=O)c1ccn2ncnc2c1. The minimum atomic E-state index is -4.82. The van der Waals surface area contributed by atoms with E-state index in [0.29, 0.717) is 4.31 Å². The number of fused-ring (bicyclic) bond motifs is 1. The molecule has 0 aliphatic heterocycles. The lowest BCUT2D eigenvalue weighted by Gasteiger charge is -2.31. The second-order valence-corrected chi connectivity index (χ2v) is 7.59. The van der Waals surface area contributed by atoms with Crippen molar-refractivity contribution in [2.24, 2.45) is 0 Å². The number of halogens is 4. The summed E-state index contributed by atoms with van der Waals surface area (Å²) in [5.74, 6) is -0.693. The number of rotatable bonds is 4. The topological polar surface area (TPSA) is 74.4 Å².